The van der Waals surface area contributed by atoms with Crippen molar-refractivity contribution in [3.8, 4) is 11.8 Å². The van der Waals surface area contributed by atoms with Gasteiger partial charge >= 0.3 is 0 Å². The van der Waals surface area contributed by atoms with E-state index in [1.54, 1.807) is 0 Å². The van der Waals surface area contributed by atoms with Gasteiger partial charge in [-0.3, -0.25) is 0 Å². The maximum Gasteiger partial charge on any atom is 0.119 e. The molecule has 4 nitrogen and oxygen atoms in total. The molecule has 2 atom stereocenters. The van der Waals surface area contributed by atoms with Crippen LogP contribution < -0.4 is 10.1 Å². The average molecular weight is 329 g/mol. The third-order valence-electron chi connectivity index (χ3n) is 4.53. The Balaban J connectivity index is 1.71. The summed E-state index contributed by atoms with van der Waals surface area (Å²) < 4.78 is 5.70. The van der Waals surface area contributed by atoms with Crippen LogP contribution in [0.25, 0.3) is 0 Å². The van der Waals surface area contributed by atoms with Crippen LogP contribution in [0.4, 0.5) is 0 Å². The molecule has 0 spiro atoms. The lowest BCUT2D eigenvalue weighted by Gasteiger charge is -2.33. The van der Waals surface area contributed by atoms with Crippen LogP contribution in [-0.2, 0) is 6.54 Å². The Morgan fingerprint density at radius 3 is 3.12 bits per heavy atom. The van der Waals surface area contributed by atoms with Crippen molar-refractivity contribution in [2.75, 3.05) is 26.2 Å². The van der Waals surface area contributed by atoms with Crippen LogP contribution in [0.5, 0.6) is 5.75 Å². The topological polar surface area (TPSA) is 48.3 Å². The van der Waals surface area contributed by atoms with Crippen LogP contribution in [0.2, 0.25) is 0 Å². The summed E-state index contributed by atoms with van der Waals surface area (Å²) in [6.07, 6.45) is 4.04. The van der Waals surface area contributed by atoms with Gasteiger partial charge in [0, 0.05) is 32.1 Å². The molecule has 0 radical (unpaired) electrons. The molecule has 0 amide bonds. The lowest BCUT2D eigenvalue weighted by molar-refractivity contribution is 0.169. The lowest BCUT2D eigenvalue weighted by Crippen LogP contribution is -2.43. The van der Waals surface area contributed by atoms with Gasteiger partial charge in [0.2, 0.25) is 0 Å². The third-order valence-corrected chi connectivity index (χ3v) is 4.53. The van der Waals surface area contributed by atoms with E-state index in [2.05, 4.69) is 42.3 Å². The largest absolute Gasteiger partial charge is 0.494 e. The molecular weight excluding hydrogens is 298 g/mol. The van der Waals surface area contributed by atoms with E-state index in [9.17, 15) is 0 Å². The molecule has 1 aliphatic rings. The Morgan fingerprint density at radius 2 is 2.33 bits per heavy atom. The molecule has 1 aromatic rings. The van der Waals surface area contributed by atoms with E-state index in [0.29, 0.717) is 19.1 Å². The first kappa shape index (κ1) is 18.8. The number of nitriles is 1. The Labute approximate surface area is 146 Å². The molecule has 1 saturated heterocycles. The van der Waals surface area contributed by atoms with E-state index in [-0.39, 0.29) is 0 Å². The fraction of sp³-hybridized carbons (Fsp3) is 0.650. The van der Waals surface area contributed by atoms with Gasteiger partial charge in [0.15, 0.2) is 0 Å². The highest BCUT2D eigenvalue weighted by molar-refractivity contribution is 5.28. The average Bonchev–Trinajstić information content (AvgIpc) is 2.57. The van der Waals surface area contributed by atoms with Crippen molar-refractivity contribution in [3.63, 3.8) is 0 Å². The number of piperidine rings is 1. The van der Waals surface area contributed by atoms with Crippen LogP contribution in [-0.4, -0.2) is 37.2 Å². The predicted molar refractivity (Wildman–Crippen MR) is 97.9 cm³/mol. The first-order valence-electron chi connectivity index (χ1n) is 9.22. The molecule has 0 bridgehead atoms. The normalized spacial score (nSPS) is 19.6. The summed E-state index contributed by atoms with van der Waals surface area (Å²) in [7, 11) is 0. The zero-order chi connectivity index (χ0) is 17.2. The Hall–Kier alpha value is -1.57. The standard InChI is InChI=1S/C20H31N3O/c1-17-7-6-11-23(15-17)16-18(2)22-14-19-8-5-9-20(13-19)24-12-4-3-10-21/h5,8-9,13,17-18,22H,3-4,6-7,11-12,14-16H2,1-2H3. The van der Waals surface area contributed by atoms with E-state index in [4.69, 9.17) is 10.00 Å². The molecule has 2 unspecified atom stereocenters. The van der Waals surface area contributed by atoms with E-state index in [0.717, 1.165) is 31.2 Å². The van der Waals surface area contributed by atoms with Gasteiger partial charge in [0.1, 0.15) is 5.75 Å². The van der Waals surface area contributed by atoms with E-state index < -0.39 is 0 Å². The number of rotatable bonds is 9. The van der Waals surface area contributed by atoms with Crippen molar-refractivity contribution in [2.24, 2.45) is 5.92 Å². The number of hydrogen-bond donors (Lipinski definition) is 1. The van der Waals surface area contributed by atoms with Crippen molar-refractivity contribution in [1.29, 1.82) is 5.26 Å². The quantitative estimate of drug-likeness (QED) is 0.704. The Kier molecular flexibility index (Phi) is 8.07. The second kappa shape index (κ2) is 10.3. The maximum atomic E-state index is 8.54. The summed E-state index contributed by atoms with van der Waals surface area (Å²) in [5.41, 5.74) is 1.24. The molecule has 2 rings (SSSR count). The number of nitrogens with zero attached hydrogens (tertiary/aromatic N) is 2. The number of ether oxygens (including phenoxy) is 1. The number of nitrogens with one attached hydrogen (secondary N) is 1. The molecule has 24 heavy (non-hydrogen) atoms. The first-order valence-corrected chi connectivity index (χ1v) is 9.22. The molecule has 0 aliphatic carbocycles. The van der Waals surface area contributed by atoms with E-state index >= 15 is 0 Å². The molecule has 1 aliphatic heterocycles. The van der Waals surface area contributed by atoms with Crippen LogP contribution in [0.3, 0.4) is 0 Å². The van der Waals surface area contributed by atoms with Gasteiger partial charge in [-0.05, 0) is 56.3 Å². The number of hydrogen-bond acceptors (Lipinski definition) is 4. The van der Waals surface area contributed by atoms with Gasteiger partial charge in [0.05, 0.1) is 12.7 Å². The van der Waals surface area contributed by atoms with Crippen LogP contribution in [0.15, 0.2) is 24.3 Å². The van der Waals surface area contributed by atoms with Crippen molar-refractivity contribution in [1.82, 2.24) is 10.2 Å². The van der Waals surface area contributed by atoms with Gasteiger partial charge in [-0.1, -0.05) is 19.1 Å². The number of unbranched alkanes of at least 4 members (excludes halogenated alkanes) is 1. The zero-order valence-electron chi connectivity index (χ0n) is 15.1. The van der Waals surface area contributed by atoms with Gasteiger partial charge in [0.25, 0.3) is 0 Å². The summed E-state index contributed by atoms with van der Waals surface area (Å²) in [6.45, 7) is 9.68. The summed E-state index contributed by atoms with van der Waals surface area (Å²) >= 11 is 0. The van der Waals surface area contributed by atoms with Crippen molar-refractivity contribution in [3.05, 3.63) is 29.8 Å². The monoisotopic (exact) mass is 329 g/mol. The van der Waals surface area contributed by atoms with Gasteiger partial charge in [-0.25, -0.2) is 0 Å². The summed E-state index contributed by atoms with van der Waals surface area (Å²) in [4.78, 5) is 2.58. The van der Waals surface area contributed by atoms with Crippen LogP contribution in [0.1, 0.15) is 45.1 Å². The Morgan fingerprint density at radius 1 is 1.46 bits per heavy atom. The van der Waals surface area contributed by atoms with Crippen molar-refractivity contribution in [2.45, 2.75) is 52.1 Å². The minimum absolute atomic E-state index is 0.482. The fourth-order valence-electron chi connectivity index (χ4n) is 3.28. The zero-order valence-corrected chi connectivity index (χ0v) is 15.1. The van der Waals surface area contributed by atoms with Gasteiger partial charge in [-0.15, -0.1) is 0 Å². The molecule has 4 heteroatoms. The third kappa shape index (κ3) is 6.90. The van der Waals surface area contributed by atoms with Crippen LogP contribution >= 0.6 is 0 Å². The summed E-state index contributed by atoms with van der Waals surface area (Å²) in [6, 6.07) is 10.9. The lowest BCUT2D eigenvalue weighted by atomic mass is 10.00. The maximum absolute atomic E-state index is 8.54. The summed E-state index contributed by atoms with van der Waals surface area (Å²) in [5, 5.41) is 12.2. The molecule has 1 fully saturated rings. The molecule has 132 valence electrons. The molecular formula is C20H31N3O. The van der Waals surface area contributed by atoms with Gasteiger partial charge < -0.3 is 15.0 Å². The molecule has 0 aromatic heterocycles. The minimum atomic E-state index is 0.482. The second-order valence-corrected chi connectivity index (χ2v) is 7.05. The highest BCUT2D eigenvalue weighted by Gasteiger charge is 2.17. The second-order valence-electron chi connectivity index (χ2n) is 7.05. The summed E-state index contributed by atoms with van der Waals surface area (Å²) in [5.74, 6) is 1.73. The van der Waals surface area contributed by atoms with E-state index in [1.165, 1.54) is 31.5 Å². The van der Waals surface area contributed by atoms with E-state index in [1.807, 2.05) is 12.1 Å². The molecule has 0 saturated carbocycles. The minimum Gasteiger partial charge on any atom is -0.494 e. The number of likely N-dealkylation sites (tertiary alicyclic amines) is 1. The number of benzene rings is 1. The SMILES string of the molecule is CC1CCCN(CC(C)NCc2cccc(OCCCC#N)c2)C1. The molecule has 1 heterocycles. The molecule has 1 N–H and O–H groups in total. The first-order chi connectivity index (χ1) is 11.7. The highest BCUT2D eigenvalue weighted by Crippen LogP contribution is 2.16. The van der Waals surface area contributed by atoms with Crippen molar-refractivity contribution < 1.29 is 4.74 Å². The Bertz CT molecular complexity index is 526. The van der Waals surface area contributed by atoms with Gasteiger partial charge in [-0.2, -0.15) is 5.26 Å². The predicted octanol–water partition coefficient (Wildman–Crippen LogP) is 3.58. The van der Waals surface area contributed by atoms with Crippen LogP contribution in [0, 0.1) is 17.2 Å². The highest BCUT2D eigenvalue weighted by atomic mass is 16.5. The smallest absolute Gasteiger partial charge is 0.119 e. The fourth-order valence-corrected chi connectivity index (χ4v) is 3.28. The molecule has 1 aromatic carbocycles. The van der Waals surface area contributed by atoms with Crippen molar-refractivity contribution >= 4 is 0 Å².